The van der Waals surface area contributed by atoms with Crippen LogP contribution in [-0.4, -0.2) is 17.5 Å². The molecule has 3 aromatic carbocycles. The van der Waals surface area contributed by atoms with Gasteiger partial charge in [0, 0.05) is 10.9 Å². The van der Waals surface area contributed by atoms with E-state index in [2.05, 4.69) is 10.3 Å². The number of amides is 1. The van der Waals surface area contributed by atoms with E-state index >= 15 is 0 Å². The number of nitrogens with zero attached hydrogens (tertiary/aromatic N) is 1. The Labute approximate surface area is 161 Å². The van der Waals surface area contributed by atoms with Gasteiger partial charge >= 0.3 is 0 Å². The molecule has 0 saturated heterocycles. The normalized spacial score (nSPS) is 10.7. The molecule has 27 heavy (non-hydrogen) atoms. The molecule has 4 nitrogen and oxygen atoms in total. The van der Waals surface area contributed by atoms with Crippen LogP contribution in [0.3, 0.4) is 0 Å². The van der Waals surface area contributed by atoms with Crippen molar-refractivity contribution in [3.8, 4) is 17.0 Å². The number of benzene rings is 3. The van der Waals surface area contributed by atoms with E-state index in [0.717, 1.165) is 22.0 Å². The van der Waals surface area contributed by atoms with E-state index in [1.54, 1.807) is 0 Å². The molecule has 0 radical (unpaired) electrons. The summed E-state index contributed by atoms with van der Waals surface area (Å²) in [6.45, 7) is 1.99. The number of anilines is 1. The van der Waals surface area contributed by atoms with E-state index in [1.807, 2.05) is 79.0 Å². The van der Waals surface area contributed by atoms with E-state index in [4.69, 9.17) is 4.74 Å². The highest BCUT2D eigenvalue weighted by molar-refractivity contribution is 7.14. The van der Waals surface area contributed by atoms with E-state index in [1.165, 1.54) is 16.9 Å². The average molecular weight is 374 g/mol. The first-order chi connectivity index (χ1) is 13.2. The van der Waals surface area contributed by atoms with Gasteiger partial charge in [0.05, 0.1) is 5.69 Å². The van der Waals surface area contributed by atoms with Gasteiger partial charge < -0.3 is 4.74 Å². The number of nitrogens with one attached hydrogen (secondary N) is 1. The molecule has 0 spiro atoms. The molecule has 0 aliphatic heterocycles. The largest absolute Gasteiger partial charge is 0.484 e. The van der Waals surface area contributed by atoms with Gasteiger partial charge in [0.25, 0.3) is 5.91 Å². The highest BCUT2D eigenvalue weighted by atomic mass is 32.1. The van der Waals surface area contributed by atoms with Crippen LogP contribution in [0, 0.1) is 6.92 Å². The van der Waals surface area contributed by atoms with Crippen LogP contribution < -0.4 is 10.1 Å². The van der Waals surface area contributed by atoms with Gasteiger partial charge in [-0.3, -0.25) is 10.1 Å². The van der Waals surface area contributed by atoms with Gasteiger partial charge in [0.1, 0.15) is 5.75 Å². The molecule has 0 saturated carbocycles. The van der Waals surface area contributed by atoms with Crippen LogP contribution in [0.2, 0.25) is 0 Å². The molecule has 0 aliphatic rings. The number of ether oxygens (including phenoxy) is 1. The van der Waals surface area contributed by atoms with E-state index in [-0.39, 0.29) is 12.5 Å². The van der Waals surface area contributed by atoms with Crippen molar-refractivity contribution in [1.29, 1.82) is 0 Å². The van der Waals surface area contributed by atoms with Gasteiger partial charge in [0.15, 0.2) is 11.7 Å². The summed E-state index contributed by atoms with van der Waals surface area (Å²) in [6, 6.07) is 22.0. The number of aryl methyl sites for hydroxylation is 1. The van der Waals surface area contributed by atoms with Gasteiger partial charge in [-0.05, 0) is 29.8 Å². The lowest BCUT2D eigenvalue weighted by atomic mass is 10.1. The third-order valence-corrected chi connectivity index (χ3v) is 4.95. The van der Waals surface area contributed by atoms with Crippen LogP contribution in [0.15, 0.2) is 72.1 Å². The smallest absolute Gasteiger partial charge is 0.264 e. The minimum atomic E-state index is -0.229. The van der Waals surface area contributed by atoms with Crippen LogP contribution in [0.4, 0.5) is 5.13 Å². The fourth-order valence-electron chi connectivity index (χ4n) is 2.75. The first-order valence-electron chi connectivity index (χ1n) is 8.61. The zero-order chi connectivity index (χ0) is 18.6. The standard InChI is InChI=1S/C22H18N2O2S/c1-15-6-8-17(9-7-15)20-14-27-22(23-20)24-21(25)13-26-19-11-10-16-4-2-3-5-18(16)12-19/h2-12,14H,13H2,1H3,(H,23,24,25). The molecular weight excluding hydrogens is 356 g/mol. The number of hydrogen-bond acceptors (Lipinski definition) is 4. The molecule has 1 amide bonds. The first-order valence-corrected chi connectivity index (χ1v) is 9.49. The van der Waals surface area contributed by atoms with Crippen molar-refractivity contribution in [3.63, 3.8) is 0 Å². The molecule has 1 heterocycles. The van der Waals surface area contributed by atoms with Crippen LogP contribution in [0.1, 0.15) is 5.56 Å². The number of fused-ring (bicyclic) bond motifs is 1. The monoisotopic (exact) mass is 374 g/mol. The molecule has 0 bridgehead atoms. The van der Waals surface area contributed by atoms with Gasteiger partial charge in [-0.25, -0.2) is 4.98 Å². The predicted molar refractivity (Wildman–Crippen MR) is 110 cm³/mol. The zero-order valence-corrected chi connectivity index (χ0v) is 15.6. The summed E-state index contributed by atoms with van der Waals surface area (Å²) in [6.07, 6.45) is 0. The van der Waals surface area contributed by atoms with Gasteiger partial charge in [-0.1, -0.05) is 60.2 Å². The lowest BCUT2D eigenvalue weighted by Crippen LogP contribution is -2.20. The number of carbonyl (C=O) groups is 1. The number of carbonyl (C=O) groups excluding carboxylic acids is 1. The Hall–Kier alpha value is -3.18. The first kappa shape index (κ1) is 17.2. The average Bonchev–Trinajstić information content (AvgIpc) is 3.15. The van der Waals surface area contributed by atoms with Gasteiger partial charge in [-0.2, -0.15) is 0 Å². The van der Waals surface area contributed by atoms with Crippen molar-refractivity contribution >= 4 is 33.1 Å². The Morgan fingerprint density at radius 1 is 1.04 bits per heavy atom. The summed E-state index contributed by atoms with van der Waals surface area (Å²) in [5.41, 5.74) is 3.09. The second-order valence-electron chi connectivity index (χ2n) is 6.25. The second kappa shape index (κ2) is 7.60. The van der Waals surface area contributed by atoms with Crippen molar-refractivity contribution in [2.24, 2.45) is 0 Å². The van der Waals surface area contributed by atoms with Crippen LogP contribution in [-0.2, 0) is 4.79 Å². The van der Waals surface area contributed by atoms with Gasteiger partial charge in [-0.15, -0.1) is 11.3 Å². The summed E-state index contributed by atoms with van der Waals surface area (Å²) in [4.78, 5) is 16.6. The Balaban J connectivity index is 1.37. The van der Waals surface area contributed by atoms with Crippen LogP contribution in [0.5, 0.6) is 5.75 Å². The lowest BCUT2D eigenvalue weighted by Gasteiger charge is -2.07. The fourth-order valence-corrected chi connectivity index (χ4v) is 3.49. The van der Waals surface area contributed by atoms with Crippen molar-refractivity contribution in [1.82, 2.24) is 4.98 Å². The maximum Gasteiger partial charge on any atom is 0.264 e. The molecule has 134 valence electrons. The second-order valence-corrected chi connectivity index (χ2v) is 7.11. The Bertz CT molecular complexity index is 1090. The highest BCUT2D eigenvalue weighted by Crippen LogP contribution is 2.25. The molecular formula is C22H18N2O2S. The van der Waals surface area contributed by atoms with Crippen LogP contribution in [0.25, 0.3) is 22.0 Å². The van der Waals surface area contributed by atoms with E-state index in [9.17, 15) is 4.79 Å². The molecule has 0 unspecified atom stereocenters. The maximum atomic E-state index is 12.2. The molecule has 0 aliphatic carbocycles. The Kier molecular flexibility index (Phi) is 4.85. The van der Waals surface area contributed by atoms with Gasteiger partial charge in [0.2, 0.25) is 0 Å². The molecule has 1 N–H and O–H groups in total. The quantitative estimate of drug-likeness (QED) is 0.516. The Morgan fingerprint density at radius 2 is 1.81 bits per heavy atom. The van der Waals surface area contributed by atoms with E-state index < -0.39 is 0 Å². The summed E-state index contributed by atoms with van der Waals surface area (Å²) >= 11 is 1.40. The summed E-state index contributed by atoms with van der Waals surface area (Å²) < 4.78 is 5.62. The summed E-state index contributed by atoms with van der Waals surface area (Å²) in [7, 11) is 0. The minimum Gasteiger partial charge on any atom is -0.484 e. The van der Waals surface area contributed by atoms with E-state index in [0.29, 0.717) is 10.9 Å². The molecule has 4 aromatic rings. The number of aromatic nitrogens is 1. The van der Waals surface area contributed by atoms with Crippen molar-refractivity contribution in [3.05, 3.63) is 77.7 Å². The third kappa shape index (κ3) is 4.15. The maximum absolute atomic E-state index is 12.2. The highest BCUT2D eigenvalue weighted by Gasteiger charge is 2.09. The Morgan fingerprint density at radius 3 is 2.63 bits per heavy atom. The molecule has 5 heteroatoms. The van der Waals surface area contributed by atoms with Crippen molar-refractivity contribution in [2.75, 3.05) is 11.9 Å². The molecule has 0 atom stereocenters. The fraction of sp³-hybridized carbons (Fsp3) is 0.0909. The molecule has 0 fully saturated rings. The lowest BCUT2D eigenvalue weighted by molar-refractivity contribution is -0.118. The molecule has 1 aromatic heterocycles. The number of thiazole rings is 1. The number of hydrogen-bond donors (Lipinski definition) is 1. The summed E-state index contributed by atoms with van der Waals surface area (Å²) in [5, 5.41) is 7.52. The SMILES string of the molecule is Cc1ccc(-c2csc(NC(=O)COc3ccc4ccccc4c3)n2)cc1. The predicted octanol–water partition coefficient (Wildman–Crippen LogP) is 5.29. The zero-order valence-electron chi connectivity index (χ0n) is 14.8. The van der Waals surface area contributed by atoms with Crippen molar-refractivity contribution < 1.29 is 9.53 Å². The molecule has 4 rings (SSSR count). The third-order valence-electron chi connectivity index (χ3n) is 4.19. The van der Waals surface area contributed by atoms with Crippen molar-refractivity contribution in [2.45, 2.75) is 6.92 Å². The van der Waals surface area contributed by atoms with Crippen LogP contribution >= 0.6 is 11.3 Å². The minimum absolute atomic E-state index is 0.0578. The summed E-state index contributed by atoms with van der Waals surface area (Å²) in [5.74, 6) is 0.441. The number of rotatable bonds is 5. The topological polar surface area (TPSA) is 51.2 Å².